The van der Waals surface area contributed by atoms with Crippen molar-refractivity contribution in [3.05, 3.63) is 29.8 Å². The van der Waals surface area contributed by atoms with E-state index in [1.807, 2.05) is 0 Å². The van der Waals surface area contributed by atoms with Crippen LogP contribution < -0.4 is 4.74 Å². The van der Waals surface area contributed by atoms with Crippen LogP contribution in [0.15, 0.2) is 24.3 Å². The highest BCUT2D eigenvalue weighted by Gasteiger charge is 2.33. The monoisotopic (exact) mass is 398 g/mol. The van der Waals surface area contributed by atoms with Crippen LogP contribution in [-0.4, -0.2) is 7.11 Å². The lowest BCUT2D eigenvalue weighted by Gasteiger charge is -2.40. The van der Waals surface area contributed by atoms with Crippen molar-refractivity contribution in [2.45, 2.75) is 104 Å². The van der Waals surface area contributed by atoms with Gasteiger partial charge in [-0.15, -0.1) is 0 Å². The molecule has 2 aliphatic rings. The van der Waals surface area contributed by atoms with Crippen LogP contribution in [0.3, 0.4) is 0 Å². The molecule has 1 aromatic carbocycles. The molecule has 0 spiro atoms. The Bertz CT molecular complexity index is 560. The van der Waals surface area contributed by atoms with Gasteiger partial charge < -0.3 is 4.74 Å². The number of rotatable bonds is 9. The van der Waals surface area contributed by atoms with E-state index in [2.05, 4.69) is 45.0 Å². The van der Waals surface area contributed by atoms with Crippen LogP contribution in [0.1, 0.15) is 109 Å². The molecule has 164 valence electrons. The van der Waals surface area contributed by atoms with Gasteiger partial charge >= 0.3 is 0 Å². The van der Waals surface area contributed by atoms with Gasteiger partial charge in [-0.25, -0.2) is 0 Å². The van der Waals surface area contributed by atoms with Gasteiger partial charge in [-0.3, -0.25) is 0 Å². The van der Waals surface area contributed by atoms with Crippen molar-refractivity contribution < 1.29 is 4.74 Å². The van der Waals surface area contributed by atoms with Crippen LogP contribution in [0, 0.1) is 29.6 Å². The summed E-state index contributed by atoms with van der Waals surface area (Å²) in [5, 5.41) is 0. The number of hydrogen-bond acceptors (Lipinski definition) is 1. The first-order chi connectivity index (χ1) is 14.1. The third-order valence-corrected chi connectivity index (χ3v) is 8.76. The molecule has 3 rings (SSSR count). The van der Waals surface area contributed by atoms with Crippen LogP contribution in [-0.2, 0) is 0 Å². The maximum Gasteiger partial charge on any atom is 0.118 e. The largest absolute Gasteiger partial charge is 0.497 e. The zero-order valence-electron chi connectivity index (χ0n) is 19.7. The summed E-state index contributed by atoms with van der Waals surface area (Å²) < 4.78 is 5.32. The minimum atomic E-state index is 0.677. The van der Waals surface area contributed by atoms with E-state index in [1.54, 1.807) is 7.11 Å². The maximum atomic E-state index is 5.32. The fourth-order valence-electron chi connectivity index (χ4n) is 6.42. The van der Waals surface area contributed by atoms with E-state index in [1.165, 1.54) is 82.6 Å². The zero-order chi connectivity index (χ0) is 20.6. The topological polar surface area (TPSA) is 9.23 Å². The molecule has 0 amide bonds. The van der Waals surface area contributed by atoms with Gasteiger partial charge in [-0.1, -0.05) is 71.4 Å². The smallest absolute Gasteiger partial charge is 0.118 e. The molecule has 0 bridgehead atoms. The summed E-state index contributed by atoms with van der Waals surface area (Å²) in [7, 11) is 1.75. The Balaban J connectivity index is 1.41. The highest BCUT2D eigenvalue weighted by molar-refractivity contribution is 5.29. The fourth-order valence-corrected chi connectivity index (χ4v) is 6.42. The summed E-state index contributed by atoms with van der Waals surface area (Å²) in [6.07, 6.45) is 17.6. The number of benzene rings is 1. The summed E-state index contributed by atoms with van der Waals surface area (Å²) in [4.78, 5) is 0. The third kappa shape index (κ3) is 6.25. The quantitative estimate of drug-likeness (QED) is 0.378. The number of unbranched alkanes of at least 4 members (excludes halogenated alkanes) is 2. The SMILES string of the molecule is CCCCCC1CCC(C(C)C2CCC(C(C)c3ccc(OC)cc3)CC2)CC1. The van der Waals surface area contributed by atoms with Gasteiger partial charge in [0.2, 0.25) is 0 Å². The highest BCUT2D eigenvalue weighted by atomic mass is 16.5. The lowest BCUT2D eigenvalue weighted by molar-refractivity contribution is 0.118. The molecule has 0 heterocycles. The van der Waals surface area contributed by atoms with Gasteiger partial charge in [0.25, 0.3) is 0 Å². The molecule has 2 saturated carbocycles. The van der Waals surface area contributed by atoms with E-state index in [-0.39, 0.29) is 0 Å². The first-order valence-electron chi connectivity index (χ1n) is 12.8. The lowest BCUT2D eigenvalue weighted by atomic mass is 9.65. The number of hydrogen-bond donors (Lipinski definition) is 0. The Hall–Kier alpha value is -0.980. The van der Waals surface area contributed by atoms with Crippen LogP contribution >= 0.6 is 0 Å². The second-order valence-electron chi connectivity index (χ2n) is 10.4. The molecule has 0 aliphatic heterocycles. The molecule has 2 unspecified atom stereocenters. The average Bonchev–Trinajstić information content (AvgIpc) is 2.79. The maximum absolute atomic E-state index is 5.32. The minimum Gasteiger partial charge on any atom is -0.497 e. The Morgan fingerprint density at radius 1 is 0.793 bits per heavy atom. The summed E-state index contributed by atoms with van der Waals surface area (Å²) in [6.45, 7) is 7.36. The summed E-state index contributed by atoms with van der Waals surface area (Å²) in [6, 6.07) is 8.80. The van der Waals surface area contributed by atoms with Crippen molar-refractivity contribution in [2.75, 3.05) is 7.11 Å². The standard InChI is InChI=1S/C28H46O/c1-5-6-7-8-23-9-11-24(12-10-23)21(2)25-13-15-26(16-14-25)22(3)27-17-19-28(29-4)20-18-27/h17-26H,5-16H2,1-4H3. The molecule has 0 radical (unpaired) electrons. The molecule has 1 aromatic rings. The second-order valence-corrected chi connectivity index (χ2v) is 10.4. The Morgan fingerprint density at radius 3 is 1.90 bits per heavy atom. The van der Waals surface area contributed by atoms with Crippen LogP contribution in [0.5, 0.6) is 5.75 Å². The molecule has 0 saturated heterocycles. The van der Waals surface area contributed by atoms with Gasteiger partial charge in [0.05, 0.1) is 7.11 Å². The highest BCUT2D eigenvalue weighted by Crippen LogP contribution is 2.45. The number of ether oxygens (including phenoxy) is 1. The molecular weight excluding hydrogens is 352 g/mol. The van der Waals surface area contributed by atoms with Crippen molar-refractivity contribution in [1.29, 1.82) is 0 Å². The predicted molar refractivity (Wildman–Crippen MR) is 126 cm³/mol. The third-order valence-electron chi connectivity index (χ3n) is 8.76. The van der Waals surface area contributed by atoms with Crippen LogP contribution in [0.25, 0.3) is 0 Å². The van der Waals surface area contributed by atoms with Gasteiger partial charge in [-0.05, 0) is 91.7 Å². The second kappa shape index (κ2) is 11.4. The van der Waals surface area contributed by atoms with Gasteiger partial charge in [-0.2, -0.15) is 0 Å². The van der Waals surface area contributed by atoms with E-state index in [4.69, 9.17) is 4.74 Å². The molecule has 1 heteroatoms. The molecule has 2 atom stereocenters. The van der Waals surface area contributed by atoms with Crippen molar-refractivity contribution in [1.82, 2.24) is 0 Å². The van der Waals surface area contributed by atoms with E-state index in [9.17, 15) is 0 Å². The molecule has 0 aromatic heterocycles. The normalized spacial score (nSPS) is 29.9. The fraction of sp³-hybridized carbons (Fsp3) is 0.786. The van der Waals surface area contributed by atoms with Crippen LogP contribution in [0.4, 0.5) is 0 Å². The van der Waals surface area contributed by atoms with Crippen LogP contribution in [0.2, 0.25) is 0 Å². The molecule has 2 fully saturated rings. The summed E-state index contributed by atoms with van der Waals surface area (Å²) in [5.74, 6) is 6.50. The first kappa shape index (κ1) is 22.7. The first-order valence-corrected chi connectivity index (χ1v) is 12.8. The van der Waals surface area contributed by atoms with Gasteiger partial charge in [0.1, 0.15) is 5.75 Å². The molecule has 2 aliphatic carbocycles. The van der Waals surface area contributed by atoms with E-state index in [0.29, 0.717) is 5.92 Å². The Labute approximate surface area is 181 Å². The number of methoxy groups -OCH3 is 1. The Kier molecular flexibility index (Phi) is 8.94. The minimum absolute atomic E-state index is 0.677. The van der Waals surface area contributed by atoms with Crippen molar-refractivity contribution in [3.63, 3.8) is 0 Å². The molecular formula is C28H46O. The predicted octanol–water partition coefficient (Wildman–Crippen LogP) is 8.63. The molecule has 0 N–H and O–H groups in total. The Morgan fingerprint density at radius 2 is 1.34 bits per heavy atom. The average molecular weight is 399 g/mol. The van der Waals surface area contributed by atoms with Crippen molar-refractivity contribution in [2.24, 2.45) is 29.6 Å². The van der Waals surface area contributed by atoms with Crippen molar-refractivity contribution >= 4 is 0 Å². The van der Waals surface area contributed by atoms with E-state index >= 15 is 0 Å². The van der Waals surface area contributed by atoms with E-state index in [0.717, 1.165) is 35.3 Å². The molecule has 29 heavy (non-hydrogen) atoms. The summed E-state index contributed by atoms with van der Waals surface area (Å²) in [5.41, 5.74) is 1.49. The van der Waals surface area contributed by atoms with Gasteiger partial charge in [0, 0.05) is 0 Å². The van der Waals surface area contributed by atoms with Gasteiger partial charge in [0.15, 0.2) is 0 Å². The zero-order valence-corrected chi connectivity index (χ0v) is 19.7. The summed E-state index contributed by atoms with van der Waals surface area (Å²) >= 11 is 0. The lowest BCUT2D eigenvalue weighted by Crippen LogP contribution is -2.29. The molecule has 1 nitrogen and oxygen atoms in total. The van der Waals surface area contributed by atoms with Crippen molar-refractivity contribution in [3.8, 4) is 5.75 Å². The van der Waals surface area contributed by atoms with E-state index < -0.39 is 0 Å².